The second kappa shape index (κ2) is 11.1. The fourth-order valence-corrected chi connectivity index (χ4v) is 4.60. The Hall–Kier alpha value is -3.14. The molecule has 33 heavy (non-hydrogen) atoms. The molecular weight excluding hydrogens is 458 g/mol. The minimum Gasteiger partial charge on any atom is -0.348 e. The molecule has 2 amide bonds. The number of rotatable bonds is 9. The predicted octanol–water partition coefficient (Wildman–Crippen LogP) is 3.60. The number of anilines is 1. The van der Waals surface area contributed by atoms with E-state index in [1.165, 1.54) is 30.9 Å². The maximum Gasteiger partial charge on any atom is 0.253 e. The topological polar surface area (TPSA) is 95.6 Å². The van der Waals surface area contributed by atoms with E-state index in [0.717, 1.165) is 14.8 Å². The summed E-state index contributed by atoms with van der Waals surface area (Å²) in [6.45, 7) is -0.0507. The second-order valence-corrected chi connectivity index (χ2v) is 10.1. The molecule has 0 unspecified atom stereocenters. The minimum atomic E-state index is -3.83. The van der Waals surface area contributed by atoms with Crippen LogP contribution in [0.25, 0.3) is 0 Å². The lowest BCUT2D eigenvalue weighted by molar-refractivity contribution is -0.116. The van der Waals surface area contributed by atoms with E-state index in [0.29, 0.717) is 17.8 Å². The van der Waals surface area contributed by atoms with Crippen molar-refractivity contribution in [3.63, 3.8) is 0 Å². The third kappa shape index (κ3) is 6.44. The van der Waals surface area contributed by atoms with Crippen LogP contribution in [0.15, 0.2) is 88.7 Å². The Kier molecular flexibility index (Phi) is 8.26. The molecule has 0 bridgehead atoms. The van der Waals surface area contributed by atoms with Gasteiger partial charge in [-0.05, 0) is 48.2 Å². The molecule has 172 valence electrons. The average Bonchev–Trinajstić information content (AvgIpc) is 2.83. The van der Waals surface area contributed by atoms with E-state index < -0.39 is 22.5 Å². The highest BCUT2D eigenvalue weighted by Crippen LogP contribution is 2.20. The van der Waals surface area contributed by atoms with Crippen LogP contribution in [-0.2, 0) is 21.4 Å². The van der Waals surface area contributed by atoms with Gasteiger partial charge >= 0.3 is 0 Å². The number of benzene rings is 3. The van der Waals surface area contributed by atoms with Crippen LogP contribution in [0.4, 0.5) is 5.69 Å². The zero-order chi connectivity index (χ0) is 23.8. The van der Waals surface area contributed by atoms with Gasteiger partial charge in [0.15, 0.2) is 0 Å². The highest BCUT2D eigenvalue weighted by molar-refractivity contribution is 7.98. The number of thioether (sulfide) groups is 1. The Labute approximate surface area is 198 Å². The summed E-state index contributed by atoms with van der Waals surface area (Å²) in [7, 11) is -2.49. The highest BCUT2D eigenvalue weighted by atomic mass is 32.2. The first kappa shape index (κ1) is 24.5. The van der Waals surface area contributed by atoms with Crippen molar-refractivity contribution < 1.29 is 18.0 Å². The van der Waals surface area contributed by atoms with Crippen molar-refractivity contribution in [1.82, 2.24) is 9.62 Å². The number of hydrogen-bond donors (Lipinski definition) is 2. The van der Waals surface area contributed by atoms with Gasteiger partial charge in [-0.3, -0.25) is 9.59 Å². The molecular formula is C24H25N3O4S2. The third-order valence-electron chi connectivity index (χ3n) is 4.88. The van der Waals surface area contributed by atoms with Gasteiger partial charge in [0.1, 0.15) is 0 Å². The van der Waals surface area contributed by atoms with E-state index in [1.54, 1.807) is 36.4 Å². The van der Waals surface area contributed by atoms with Crippen LogP contribution >= 0.6 is 11.8 Å². The summed E-state index contributed by atoms with van der Waals surface area (Å²) in [5, 5.41) is 5.48. The molecule has 0 aliphatic rings. The Balaban J connectivity index is 1.65. The van der Waals surface area contributed by atoms with Gasteiger partial charge < -0.3 is 10.6 Å². The van der Waals surface area contributed by atoms with Crippen LogP contribution in [0.5, 0.6) is 0 Å². The van der Waals surface area contributed by atoms with Gasteiger partial charge in [0, 0.05) is 18.5 Å². The monoisotopic (exact) mass is 483 g/mol. The van der Waals surface area contributed by atoms with Crippen LogP contribution < -0.4 is 10.6 Å². The third-order valence-corrected chi connectivity index (χ3v) is 7.44. The lowest BCUT2D eigenvalue weighted by Gasteiger charge is -2.18. The summed E-state index contributed by atoms with van der Waals surface area (Å²) >= 11 is 1.51. The molecule has 0 aliphatic carbocycles. The van der Waals surface area contributed by atoms with Crippen molar-refractivity contribution in [3.05, 3.63) is 90.0 Å². The number of likely N-dealkylation sites (N-methyl/N-ethyl adjacent to an activating group) is 1. The van der Waals surface area contributed by atoms with E-state index >= 15 is 0 Å². The molecule has 9 heteroatoms. The summed E-state index contributed by atoms with van der Waals surface area (Å²) in [4.78, 5) is 26.3. The number of para-hydroxylation sites is 1. The van der Waals surface area contributed by atoms with Gasteiger partial charge in [0.05, 0.1) is 22.7 Å². The number of carbonyl (C=O) groups is 2. The maximum absolute atomic E-state index is 12.8. The zero-order valence-electron chi connectivity index (χ0n) is 18.3. The number of nitrogens with one attached hydrogen (secondary N) is 2. The van der Waals surface area contributed by atoms with Crippen LogP contribution in [0.1, 0.15) is 15.9 Å². The Morgan fingerprint density at radius 3 is 2.21 bits per heavy atom. The molecule has 0 radical (unpaired) electrons. The quantitative estimate of drug-likeness (QED) is 0.454. The fraction of sp³-hybridized carbons (Fsp3) is 0.167. The van der Waals surface area contributed by atoms with E-state index in [4.69, 9.17) is 0 Å². The SMILES string of the molecule is CSc1ccc(S(=O)(=O)N(C)CC(=O)Nc2ccccc2C(=O)NCc2ccccc2)cc1. The Bertz CT molecular complexity index is 1210. The lowest BCUT2D eigenvalue weighted by atomic mass is 10.1. The normalized spacial score (nSPS) is 11.2. The van der Waals surface area contributed by atoms with Crippen molar-refractivity contribution in [2.75, 3.05) is 25.2 Å². The second-order valence-electron chi connectivity index (χ2n) is 7.20. The van der Waals surface area contributed by atoms with Gasteiger partial charge in [0.25, 0.3) is 5.91 Å². The van der Waals surface area contributed by atoms with Crippen LogP contribution in [0.2, 0.25) is 0 Å². The first-order chi connectivity index (χ1) is 15.8. The number of carbonyl (C=O) groups excluding carboxylic acids is 2. The number of sulfonamides is 1. The zero-order valence-corrected chi connectivity index (χ0v) is 19.9. The molecule has 3 aromatic rings. The van der Waals surface area contributed by atoms with E-state index in [1.807, 2.05) is 36.6 Å². The smallest absolute Gasteiger partial charge is 0.253 e. The van der Waals surface area contributed by atoms with Gasteiger partial charge in [-0.2, -0.15) is 4.31 Å². The molecule has 0 saturated heterocycles. The molecule has 0 heterocycles. The standard InChI is InChI=1S/C24H25N3O4S2/c1-27(33(30,31)20-14-12-19(32-2)13-15-20)17-23(28)26-22-11-7-6-10-21(22)24(29)25-16-18-8-4-3-5-9-18/h3-15H,16-17H2,1-2H3,(H,25,29)(H,26,28). The van der Waals surface area contributed by atoms with Crippen LogP contribution in [0.3, 0.4) is 0 Å². The molecule has 0 aromatic heterocycles. The van der Waals surface area contributed by atoms with Crippen molar-refractivity contribution in [1.29, 1.82) is 0 Å². The molecule has 0 saturated carbocycles. The van der Waals surface area contributed by atoms with Crippen molar-refractivity contribution in [3.8, 4) is 0 Å². The fourth-order valence-electron chi connectivity index (χ4n) is 3.07. The lowest BCUT2D eigenvalue weighted by Crippen LogP contribution is -2.35. The van der Waals surface area contributed by atoms with Crippen LogP contribution in [0, 0.1) is 0 Å². The highest BCUT2D eigenvalue weighted by Gasteiger charge is 2.23. The largest absolute Gasteiger partial charge is 0.348 e. The number of hydrogen-bond acceptors (Lipinski definition) is 5. The summed E-state index contributed by atoms with van der Waals surface area (Å²) in [6, 6.07) is 22.5. The summed E-state index contributed by atoms with van der Waals surface area (Å²) in [6.07, 6.45) is 1.90. The summed E-state index contributed by atoms with van der Waals surface area (Å²) < 4.78 is 26.6. The number of amides is 2. The van der Waals surface area contributed by atoms with Crippen molar-refractivity contribution in [2.45, 2.75) is 16.3 Å². The summed E-state index contributed by atoms with van der Waals surface area (Å²) in [5.41, 5.74) is 1.55. The molecule has 2 N–H and O–H groups in total. The van der Waals surface area contributed by atoms with Gasteiger partial charge in [-0.25, -0.2) is 8.42 Å². The van der Waals surface area contributed by atoms with Crippen molar-refractivity contribution >= 4 is 39.3 Å². The van der Waals surface area contributed by atoms with Crippen molar-refractivity contribution in [2.24, 2.45) is 0 Å². The molecule has 3 aromatic carbocycles. The minimum absolute atomic E-state index is 0.108. The molecule has 3 rings (SSSR count). The van der Waals surface area contributed by atoms with Gasteiger partial charge in [-0.15, -0.1) is 11.8 Å². The maximum atomic E-state index is 12.8. The molecule has 0 atom stereocenters. The van der Waals surface area contributed by atoms with E-state index in [-0.39, 0.29) is 10.8 Å². The first-order valence-corrected chi connectivity index (χ1v) is 12.8. The van der Waals surface area contributed by atoms with Gasteiger partial charge in [0.2, 0.25) is 15.9 Å². The Morgan fingerprint density at radius 1 is 0.909 bits per heavy atom. The average molecular weight is 484 g/mol. The molecule has 0 aliphatic heterocycles. The summed E-state index contributed by atoms with van der Waals surface area (Å²) in [5.74, 6) is -0.894. The first-order valence-electron chi connectivity index (χ1n) is 10.1. The van der Waals surface area contributed by atoms with E-state index in [2.05, 4.69) is 10.6 Å². The molecule has 7 nitrogen and oxygen atoms in total. The number of nitrogens with zero attached hydrogens (tertiary/aromatic N) is 1. The van der Waals surface area contributed by atoms with E-state index in [9.17, 15) is 18.0 Å². The molecule has 0 spiro atoms. The van der Waals surface area contributed by atoms with Gasteiger partial charge in [-0.1, -0.05) is 42.5 Å². The Morgan fingerprint density at radius 2 is 1.55 bits per heavy atom. The molecule has 0 fully saturated rings. The predicted molar refractivity (Wildman–Crippen MR) is 131 cm³/mol. The van der Waals surface area contributed by atoms with Crippen LogP contribution in [-0.4, -0.2) is 44.4 Å².